The average molecular weight is 291 g/mol. The minimum absolute atomic E-state index is 0.216. The number of fused-ring (bicyclic) bond motifs is 1. The molecule has 0 aliphatic rings. The van der Waals surface area contributed by atoms with E-state index in [1.165, 1.54) is 0 Å². The second kappa shape index (κ2) is 6.85. The average Bonchev–Trinajstić information content (AvgIpc) is 2.49. The highest BCUT2D eigenvalue weighted by Crippen LogP contribution is 2.02. The van der Waals surface area contributed by atoms with Crippen LogP contribution in [0.1, 0.15) is 6.42 Å². The highest BCUT2D eigenvalue weighted by atomic mass is 16.5. The number of aromatic amines is 1. The molecule has 21 heavy (non-hydrogen) atoms. The molecular formula is C14H17N3O4. The van der Waals surface area contributed by atoms with E-state index in [1.54, 1.807) is 31.4 Å². The fourth-order valence-corrected chi connectivity index (χ4v) is 2.00. The number of hydrogen-bond donors (Lipinski definition) is 2. The van der Waals surface area contributed by atoms with Crippen LogP contribution in [-0.4, -0.2) is 35.9 Å². The molecule has 2 N–H and O–H groups in total. The van der Waals surface area contributed by atoms with Gasteiger partial charge in [-0.3, -0.25) is 19.5 Å². The van der Waals surface area contributed by atoms with E-state index in [-0.39, 0.29) is 12.5 Å². The van der Waals surface area contributed by atoms with Crippen molar-refractivity contribution < 1.29 is 9.53 Å². The van der Waals surface area contributed by atoms with Crippen LogP contribution in [0.25, 0.3) is 10.8 Å². The van der Waals surface area contributed by atoms with E-state index >= 15 is 0 Å². The quantitative estimate of drug-likeness (QED) is 0.723. The molecular weight excluding hydrogens is 274 g/mol. The van der Waals surface area contributed by atoms with Crippen LogP contribution in [0.2, 0.25) is 0 Å². The molecule has 1 amide bonds. The molecule has 0 saturated heterocycles. The number of amides is 1. The molecule has 0 saturated carbocycles. The largest absolute Gasteiger partial charge is 0.385 e. The van der Waals surface area contributed by atoms with Crippen molar-refractivity contribution in [2.75, 3.05) is 20.3 Å². The smallest absolute Gasteiger partial charge is 0.273 e. The number of methoxy groups -OCH3 is 1. The van der Waals surface area contributed by atoms with E-state index < -0.39 is 11.1 Å². The topological polar surface area (TPSA) is 93.2 Å². The third-order valence-corrected chi connectivity index (χ3v) is 3.03. The molecule has 0 spiro atoms. The zero-order chi connectivity index (χ0) is 15.2. The fourth-order valence-electron chi connectivity index (χ4n) is 2.00. The Morgan fingerprint density at radius 1 is 1.29 bits per heavy atom. The first-order chi connectivity index (χ1) is 10.1. The zero-order valence-corrected chi connectivity index (χ0v) is 11.7. The van der Waals surface area contributed by atoms with Crippen molar-refractivity contribution in [2.24, 2.45) is 0 Å². The number of aromatic nitrogens is 2. The molecule has 0 aliphatic carbocycles. The second-order valence-electron chi connectivity index (χ2n) is 4.57. The Bertz CT molecular complexity index is 748. The van der Waals surface area contributed by atoms with E-state index in [9.17, 15) is 14.4 Å². The molecule has 1 aromatic carbocycles. The minimum Gasteiger partial charge on any atom is -0.385 e. The predicted octanol–water partition coefficient (Wildman–Crippen LogP) is -0.157. The number of carbonyl (C=O) groups excluding carboxylic acids is 1. The number of carbonyl (C=O) groups is 1. The molecule has 2 rings (SSSR count). The molecule has 7 heteroatoms. The number of H-pyrrole nitrogens is 1. The molecule has 0 aliphatic heterocycles. The molecule has 112 valence electrons. The second-order valence-corrected chi connectivity index (χ2v) is 4.57. The molecule has 2 aromatic rings. The summed E-state index contributed by atoms with van der Waals surface area (Å²) in [7, 11) is 1.58. The highest BCUT2D eigenvalue weighted by molar-refractivity contribution is 5.81. The molecule has 0 fully saturated rings. The SMILES string of the molecule is COCCCNC(=O)Cn1[nH]c(=O)c2ccccc2c1=O. The van der Waals surface area contributed by atoms with Gasteiger partial charge in [-0.05, 0) is 18.6 Å². The first kappa shape index (κ1) is 15.0. The number of ether oxygens (including phenoxy) is 1. The zero-order valence-electron chi connectivity index (χ0n) is 11.7. The standard InChI is InChI=1S/C14H17N3O4/c1-21-8-4-7-15-12(18)9-17-14(20)11-6-3-2-5-10(11)13(19)16-17/h2-3,5-6H,4,7-9H2,1H3,(H,15,18)(H,16,19). The van der Waals surface area contributed by atoms with E-state index in [0.29, 0.717) is 30.3 Å². The van der Waals surface area contributed by atoms with Gasteiger partial charge in [0, 0.05) is 20.3 Å². The van der Waals surface area contributed by atoms with Crippen molar-refractivity contribution in [1.82, 2.24) is 15.1 Å². The molecule has 1 aromatic heterocycles. The maximum absolute atomic E-state index is 12.2. The number of nitrogens with zero attached hydrogens (tertiary/aromatic N) is 1. The first-order valence-corrected chi connectivity index (χ1v) is 6.61. The Labute approximate surface area is 120 Å². The normalized spacial score (nSPS) is 10.7. The van der Waals surface area contributed by atoms with Crippen molar-refractivity contribution >= 4 is 16.7 Å². The molecule has 1 heterocycles. The minimum atomic E-state index is -0.391. The van der Waals surface area contributed by atoms with Crippen LogP contribution in [0.15, 0.2) is 33.9 Å². The summed E-state index contributed by atoms with van der Waals surface area (Å²) in [6, 6.07) is 6.51. The maximum atomic E-state index is 12.2. The Kier molecular flexibility index (Phi) is 4.89. The van der Waals surface area contributed by atoms with E-state index in [2.05, 4.69) is 10.4 Å². The van der Waals surface area contributed by atoms with Gasteiger partial charge in [-0.15, -0.1) is 0 Å². The van der Waals surface area contributed by atoms with Gasteiger partial charge in [0.15, 0.2) is 0 Å². The summed E-state index contributed by atoms with van der Waals surface area (Å²) in [5, 5.41) is 5.69. The van der Waals surface area contributed by atoms with E-state index in [1.807, 2.05) is 0 Å². The van der Waals surface area contributed by atoms with Gasteiger partial charge >= 0.3 is 0 Å². The lowest BCUT2D eigenvalue weighted by molar-refractivity contribution is -0.121. The monoisotopic (exact) mass is 291 g/mol. The lowest BCUT2D eigenvalue weighted by Gasteiger charge is -2.08. The summed E-state index contributed by atoms with van der Waals surface area (Å²) in [5.41, 5.74) is -0.783. The molecule has 0 unspecified atom stereocenters. The van der Waals surface area contributed by atoms with Crippen LogP contribution < -0.4 is 16.4 Å². The highest BCUT2D eigenvalue weighted by Gasteiger charge is 2.09. The van der Waals surface area contributed by atoms with Crippen molar-refractivity contribution in [3.8, 4) is 0 Å². The van der Waals surface area contributed by atoms with Gasteiger partial charge in [-0.25, -0.2) is 4.68 Å². The number of benzene rings is 1. The van der Waals surface area contributed by atoms with Crippen molar-refractivity contribution in [3.63, 3.8) is 0 Å². The molecule has 0 radical (unpaired) electrons. The molecule has 0 bridgehead atoms. The molecule has 0 atom stereocenters. The molecule has 7 nitrogen and oxygen atoms in total. The third-order valence-electron chi connectivity index (χ3n) is 3.03. The van der Waals surface area contributed by atoms with E-state index in [0.717, 1.165) is 4.68 Å². The van der Waals surface area contributed by atoms with Crippen molar-refractivity contribution in [3.05, 3.63) is 45.0 Å². The Morgan fingerprint density at radius 3 is 2.71 bits per heavy atom. The van der Waals surface area contributed by atoms with Gasteiger partial charge < -0.3 is 10.1 Å². The summed E-state index contributed by atoms with van der Waals surface area (Å²) in [6.07, 6.45) is 0.686. The number of hydrogen-bond acceptors (Lipinski definition) is 4. The van der Waals surface area contributed by atoms with Gasteiger partial charge in [0.1, 0.15) is 6.54 Å². The van der Waals surface area contributed by atoms with Crippen LogP contribution >= 0.6 is 0 Å². The van der Waals surface area contributed by atoms with Crippen LogP contribution in [0, 0.1) is 0 Å². The third kappa shape index (κ3) is 3.57. The van der Waals surface area contributed by atoms with Gasteiger partial charge in [-0.1, -0.05) is 12.1 Å². The van der Waals surface area contributed by atoms with E-state index in [4.69, 9.17) is 4.74 Å². The summed E-state index contributed by atoms with van der Waals surface area (Å²) in [5.74, 6) is -0.334. The van der Waals surface area contributed by atoms with Gasteiger partial charge in [0.05, 0.1) is 10.8 Å². The lowest BCUT2D eigenvalue weighted by atomic mass is 10.2. The number of rotatable bonds is 6. The van der Waals surface area contributed by atoms with Crippen molar-refractivity contribution in [1.29, 1.82) is 0 Å². The van der Waals surface area contributed by atoms with Crippen LogP contribution in [0.5, 0.6) is 0 Å². The lowest BCUT2D eigenvalue weighted by Crippen LogP contribution is -2.37. The van der Waals surface area contributed by atoms with Gasteiger partial charge in [0.25, 0.3) is 11.1 Å². The Morgan fingerprint density at radius 2 is 2.00 bits per heavy atom. The Balaban J connectivity index is 2.16. The summed E-state index contributed by atoms with van der Waals surface area (Å²) < 4.78 is 5.90. The summed E-state index contributed by atoms with van der Waals surface area (Å²) in [4.78, 5) is 35.8. The first-order valence-electron chi connectivity index (χ1n) is 6.61. The van der Waals surface area contributed by atoms with Gasteiger partial charge in [0.2, 0.25) is 5.91 Å². The van der Waals surface area contributed by atoms with Gasteiger partial charge in [-0.2, -0.15) is 0 Å². The van der Waals surface area contributed by atoms with Crippen molar-refractivity contribution in [2.45, 2.75) is 13.0 Å². The summed E-state index contributed by atoms with van der Waals surface area (Å²) in [6.45, 7) is 0.790. The maximum Gasteiger partial charge on any atom is 0.273 e. The number of nitrogens with one attached hydrogen (secondary N) is 2. The van der Waals surface area contributed by atoms with Crippen LogP contribution in [0.3, 0.4) is 0 Å². The van der Waals surface area contributed by atoms with Crippen LogP contribution in [0.4, 0.5) is 0 Å². The predicted molar refractivity (Wildman–Crippen MR) is 78.3 cm³/mol. The summed E-state index contributed by atoms with van der Waals surface area (Å²) >= 11 is 0. The van der Waals surface area contributed by atoms with Crippen LogP contribution in [-0.2, 0) is 16.1 Å². The Hall–Kier alpha value is -2.41. The fraction of sp³-hybridized carbons (Fsp3) is 0.357.